The van der Waals surface area contributed by atoms with Gasteiger partial charge in [0.05, 0.1) is 57.3 Å². The second-order valence-corrected chi connectivity index (χ2v) is 14.5. The number of nitrogens with zero attached hydrogens (tertiary/aromatic N) is 1. The SMILES string of the molecule is COc1cc(NC(=O)CCc2ccc(-c3ccccc3)c(NC(=O)OC3CC[N+](C)(C)CC3)c2)c(F)cc1CNC[C@@H](O)c1ccc(O)c2[nH]c(=O)ccc12. The van der Waals surface area contributed by atoms with Crippen LogP contribution in [0.4, 0.5) is 20.6 Å². The lowest BCUT2D eigenvalue weighted by atomic mass is 9.99. The van der Waals surface area contributed by atoms with E-state index in [0.29, 0.717) is 34.4 Å². The van der Waals surface area contributed by atoms with Crippen molar-refractivity contribution in [3.05, 3.63) is 118 Å². The van der Waals surface area contributed by atoms with Crippen molar-refractivity contribution in [2.24, 2.45) is 0 Å². The maximum absolute atomic E-state index is 15.3. The molecule has 55 heavy (non-hydrogen) atoms. The first-order valence-corrected chi connectivity index (χ1v) is 18.3. The number of aromatic hydroxyl groups is 1. The van der Waals surface area contributed by atoms with Crippen LogP contribution in [0, 0.1) is 5.82 Å². The third-order valence-electron chi connectivity index (χ3n) is 10.00. The Morgan fingerprint density at radius 1 is 0.964 bits per heavy atom. The molecule has 0 radical (unpaired) electrons. The second-order valence-electron chi connectivity index (χ2n) is 14.5. The number of quaternary nitrogens is 1. The molecule has 1 saturated heterocycles. The minimum atomic E-state index is -1.01. The highest BCUT2D eigenvalue weighted by Gasteiger charge is 2.29. The number of aliphatic hydroxyl groups is 1. The van der Waals surface area contributed by atoms with Crippen LogP contribution in [0.15, 0.2) is 89.7 Å². The largest absolute Gasteiger partial charge is 0.506 e. The number of nitrogens with one attached hydrogen (secondary N) is 4. The number of pyridine rings is 1. The van der Waals surface area contributed by atoms with E-state index in [0.717, 1.165) is 47.1 Å². The quantitative estimate of drug-likeness (QED) is 0.0772. The average Bonchev–Trinajstić information content (AvgIpc) is 3.16. The first-order chi connectivity index (χ1) is 26.4. The van der Waals surface area contributed by atoms with Crippen molar-refractivity contribution >= 4 is 34.3 Å². The van der Waals surface area contributed by atoms with Crippen LogP contribution < -0.4 is 26.2 Å². The van der Waals surface area contributed by atoms with Gasteiger partial charge < -0.3 is 39.8 Å². The molecule has 2 heterocycles. The zero-order chi connectivity index (χ0) is 39.1. The van der Waals surface area contributed by atoms with Gasteiger partial charge in [0.1, 0.15) is 23.4 Å². The minimum absolute atomic E-state index is 0.0374. The van der Waals surface area contributed by atoms with Crippen molar-refractivity contribution < 1.29 is 38.1 Å². The number of phenolic OH excluding ortho intramolecular Hbond substituents is 1. The lowest BCUT2D eigenvalue weighted by Crippen LogP contribution is -2.48. The fourth-order valence-corrected chi connectivity index (χ4v) is 6.86. The van der Waals surface area contributed by atoms with E-state index in [1.807, 2.05) is 48.5 Å². The van der Waals surface area contributed by atoms with Crippen LogP contribution >= 0.6 is 0 Å². The lowest BCUT2D eigenvalue weighted by molar-refractivity contribution is -0.896. The van der Waals surface area contributed by atoms with E-state index in [1.54, 1.807) is 6.07 Å². The van der Waals surface area contributed by atoms with Gasteiger partial charge in [-0.25, -0.2) is 9.18 Å². The van der Waals surface area contributed by atoms with E-state index >= 15 is 4.39 Å². The monoisotopic (exact) mass is 752 g/mol. The molecule has 0 unspecified atom stereocenters. The summed E-state index contributed by atoms with van der Waals surface area (Å²) in [6.45, 7) is 2.08. The summed E-state index contributed by atoms with van der Waals surface area (Å²) < 4.78 is 27.5. The molecule has 1 aliphatic heterocycles. The van der Waals surface area contributed by atoms with E-state index in [4.69, 9.17) is 9.47 Å². The number of ether oxygens (including phenoxy) is 2. The number of amides is 2. The number of aryl methyl sites for hydroxylation is 1. The summed E-state index contributed by atoms with van der Waals surface area (Å²) in [5.41, 5.74) is 3.88. The molecular formula is C42H47FN5O7+. The number of benzene rings is 4. The molecule has 1 atom stereocenters. The summed E-state index contributed by atoms with van der Waals surface area (Å²) in [7, 11) is 5.78. The molecular weight excluding hydrogens is 705 g/mol. The molecule has 13 heteroatoms. The van der Waals surface area contributed by atoms with Crippen molar-refractivity contribution in [2.75, 3.05) is 51.5 Å². The molecule has 6 rings (SSSR count). The van der Waals surface area contributed by atoms with Crippen LogP contribution in [-0.2, 0) is 22.5 Å². The zero-order valence-electron chi connectivity index (χ0n) is 31.2. The van der Waals surface area contributed by atoms with Gasteiger partial charge in [-0.15, -0.1) is 0 Å². The standard InChI is InChI=1S/C42H46FN5O7/c1-48(2)19-17-29(18-20-48)55-42(53)46-34-21-26(9-11-30(34)27-7-5-4-6-8-27)10-15-39(51)45-35-23-38(54-3)28(22-33(35)43)24-44-25-37(50)31-12-14-36(49)41-32(31)13-16-40(52)47-41/h4-9,11-14,16,21-23,29,37,44,50H,10,15,17-20,24-25H2,1-3H3,(H3-,45,46,47,49,51,52,53)/p+1/t37-/m1/s1. The Morgan fingerprint density at radius 3 is 2.47 bits per heavy atom. The highest BCUT2D eigenvalue weighted by molar-refractivity contribution is 5.93. The van der Waals surface area contributed by atoms with Gasteiger partial charge in [-0.2, -0.15) is 0 Å². The summed E-state index contributed by atoms with van der Waals surface area (Å²) in [5.74, 6) is -0.836. The second kappa shape index (κ2) is 17.1. The number of piperidine rings is 1. The number of aromatic amines is 1. The van der Waals surface area contributed by atoms with Crippen molar-refractivity contribution in [1.29, 1.82) is 0 Å². The molecule has 1 fully saturated rings. The lowest BCUT2D eigenvalue weighted by Gasteiger charge is -2.36. The van der Waals surface area contributed by atoms with Crippen LogP contribution in [0.2, 0.25) is 0 Å². The fourth-order valence-electron chi connectivity index (χ4n) is 6.86. The molecule has 12 nitrogen and oxygen atoms in total. The number of carbonyl (C=O) groups is 2. The van der Waals surface area contributed by atoms with E-state index in [9.17, 15) is 24.6 Å². The maximum Gasteiger partial charge on any atom is 0.411 e. The Kier molecular flexibility index (Phi) is 12.1. The number of hydrogen-bond donors (Lipinski definition) is 6. The summed E-state index contributed by atoms with van der Waals surface area (Å²) >= 11 is 0. The Bertz CT molecular complexity index is 2220. The number of aliphatic hydroxyl groups excluding tert-OH is 1. The molecule has 5 aromatic rings. The topological polar surface area (TPSA) is 162 Å². The van der Waals surface area contributed by atoms with E-state index in [1.165, 1.54) is 37.4 Å². The van der Waals surface area contributed by atoms with Crippen molar-refractivity contribution in [2.45, 2.75) is 44.4 Å². The molecule has 1 aromatic heterocycles. The molecule has 288 valence electrons. The van der Waals surface area contributed by atoms with Crippen molar-refractivity contribution in [3.8, 4) is 22.6 Å². The molecule has 1 aliphatic rings. The first kappa shape index (κ1) is 38.9. The fraction of sp³-hybridized carbons (Fsp3) is 0.310. The van der Waals surface area contributed by atoms with Crippen LogP contribution in [0.25, 0.3) is 22.0 Å². The predicted octanol–water partition coefficient (Wildman–Crippen LogP) is 6.23. The van der Waals surface area contributed by atoms with E-state index < -0.39 is 23.9 Å². The number of fused-ring (bicyclic) bond motifs is 1. The third-order valence-corrected chi connectivity index (χ3v) is 10.00. The number of aromatic nitrogens is 1. The van der Waals surface area contributed by atoms with Gasteiger partial charge in [0.2, 0.25) is 11.5 Å². The van der Waals surface area contributed by atoms with Gasteiger partial charge >= 0.3 is 6.09 Å². The van der Waals surface area contributed by atoms with Crippen molar-refractivity contribution in [1.82, 2.24) is 10.3 Å². The van der Waals surface area contributed by atoms with Gasteiger partial charge in [-0.05, 0) is 47.4 Å². The number of halogens is 1. The Balaban J connectivity index is 1.07. The number of likely N-dealkylation sites (tertiary alicyclic amines) is 1. The third kappa shape index (κ3) is 9.87. The minimum Gasteiger partial charge on any atom is -0.506 e. The molecule has 4 aromatic carbocycles. The number of anilines is 2. The zero-order valence-corrected chi connectivity index (χ0v) is 31.2. The normalized spacial score (nSPS) is 14.6. The number of rotatable bonds is 13. The molecule has 6 N–H and O–H groups in total. The van der Waals surface area contributed by atoms with Gasteiger partial charge in [0.25, 0.3) is 0 Å². The van der Waals surface area contributed by atoms with Crippen LogP contribution in [-0.4, -0.2) is 78.6 Å². The van der Waals surface area contributed by atoms with E-state index in [2.05, 4.69) is 35.0 Å². The highest BCUT2D eigenvalue weighted by Crippen LogP contribution is 2.32. The molecule has 0 aliphatic carbocycles. The summed E-state index contributed by atoms with van der Waals surface area (Å²) in [6.07, 6.45) is 0.290. The number of phenols is 1. The van der Waals surface area contributed by atoms with Crippen LogP contribution in [0.3, 0.4) is 0 Å². The number of H-pyrrole nitrogens is 1. The van der Waals surface area contributed by atoms with Crippen molar-refractivity contribution in [3.63, 3.8) is 0 Å². The molecule has 0 saturated carbocycles. The number of hydrogen-bond acceptors (Lipinski definition) is 8. The molecule has 0 bridgehead atoms. The van der Waals surface area contributed by atoms with Gasteiger partial charge in [0, 0.05) is 61.0 Å². The molecule has 0 spiro atoms. The summed E-state index contributed by atoms with van der Waals surface area (Å²) in [5, 5.41) is 30.2. The predicted molar refractivity (Wildman–Crippen MR) is 210 cm³/mol. The van der Waals surface area contributed by atoms with Gasteiger partial charge in [-0.1, -0.05) is 48.5 Å². The van der Waals surface area contributed by atoms with Crippen LogP contribution in [0.1, 0.15) is 42.1 Å². The van der Waals surface area contributed by atoms with Gasteiger partial charge in [0.15, 0.2) is 0 Å². The van der Waals surface area contributed by atoms with Gasteiger partial charge in [-0.3, -0.25) is 14.9 Å². The number of carbonyl (C=O) groups excluding carboxylic acids is 2. The summed E-state index contributed by atoms with van der Waals surface area (Å²) in [6, 6.07) is 23.8. The summed E-state index contributed by atoms with van der Waals surface area (Å²) in [4.78, 5) is 40.4. The smallest absolute Gasteiger partial charge is 0.411 e. The van der Waals surface area contributed by atoms with E-state index in [-0.39, 0.29) is 48.1 Å². The number of methoxy groups -OCH3 is 1. The van der Waals surface area contributed by atoms with Crippen LogP contribution in [0.5, 0.6) is 11.5 Å². The maximum atomic E-state index is 15.3. The highest BCUT2D eigenvalue weighted by atomic mass is 19.1. The average molecular weight is 753 g/mol. The Morgan fingerprint density at radius 2 is 1.73 bits per heavy atom. The Labute approximate surface area is 318 Å². The Hall–Kier alpha value is -5.76. The first-order valence-electron chi connectivity index (χ1n) is 18.3. The molecule has 2 amide bonds.